The summed E-state index contributed by atoms with van der Waals surface area (Å²) in [5.74, 6) is -0.293. The Bertz CT molecular complexity index is 982. The molecule has 0 unspecified atom stereocenters. The summed E-state index contributed by atoms with van der Waals surface area (Å²) >= 11 is 1.45. The van der Waals surface area contributed by atoms with E-state index in [4.69, 9.17) is 0 Å². The van der Waals surface area contributed by atoms with Crippen molar-refractivity contribution < 1.29 is 14.4 Å². The normalized spacial score (nSPS) is 18.7. The number of likely N-dealkylation sites (tertiary alicyclic amines) is 1. The number of pyridine rings is 1. The van der Waals surface area contributed by atoms with Crippen LogP contribution in [0.4, 0.5) is 9.93 Å². The molecule has 30 heavy (non-hydrogen) atoms. The lowest BCUT2D eigenvalue weighted by Gasteiger charge is -2.37. The van der Waals surface area contributed by atoms with E-state index in [-0.39, 0.29) is 24.4 Å². The maximum absolute atomic E-state index is 13.1. The number of nitrogens with one attached hydrogen (secondary N) is 2. The third-order valence-corrected chi connectivity index (χ3v) is 6.51. The second kappa shape index (κ2) is 8.11. The molecule has 0 aliphatic carbocycles. The molecule has 2 fully saturated rings. The molecule has 158 valence electrons. The fraction of sp³-hybridized carbons (Fsp3) is 0.450. The molecule has 2 N–H and O–H groups in total. The summed E-state index contributed by atoms with van der Waals surface area (Å²) in [6.45, 7) is 5.66. The van der Waals surface area contributed by atoms with Crippen LogP contribution in [0.5, 0.6) is 0 Å². The predicted molar refractivity (Wildman–Crippen MR) is 112 cm³/mol. The molecule has 2 aliphatic heterocycles. The van der Waals surface area contributed by atoms with Gasteiger partial charge in [0, 0.05) is 49.5 Å². The van der Waals surface area contributed by atoms with Gasteiger partial charge in [-0.15, -0.1) is 11.3 Å². The molecule has 4 heterocycles. The summed E-state index contributed by atoms with van der Waals surface area (Å²) in [5, 5.41) is 6.23. The zero-order valence-corrected chi connectivity index (χ0v) is 17.8. The number of aryl methyl sites for hydroxylation is 1. The molecule has 4 amide bonds. The average Bonchev–Trinajstić information content (AvgIpc) is 3.22. The standard InChI is InChI=1S/C20H24N6O3S/c1-13-15(4-3-7-21-13)11-26-17(28)20(24-19(26)29)5-8-25(9-6-20)12-16-10-22-18(30-16)23-14(2)27/h3-4,7,10H,5-6,8-9,11-12H2,1-2H3,(H,24,29)(H,22,23,27). The number of urea groups is 1. The molecule has 4 rings (SSSR count). The number of piperidine rings is 1. The number of carbonyl (C=O) groups excluding carboxylic acids is 3. The number of imide groups is 1. The van der Waals surface area contributed by atoms with Crippen molar-refractivity contribution in [3.63, 3.8) is 0 Å². The van der Waals surface area contributed by atoms with Crippen LogP contribution < -0.4 is 10.6 Å². The van der Waals surface area contributed by atoms with Crippen LogP contribution in [-0.2, 0) is 22.7 Å². The molecule has 1 spiro atoms. The number of hydrogen-bond donors (Lipinski definition) is 2. The minimum absolute atomic E-state index is 0.141. The predicted octanol–water partition coefficient (Wildman–Crippen LogP) is 1.89. The van der Waals surface area contributed by atoms with E-state index < -0.39 is 5.54 Å². The summed E-state index contributed by atoms with van der Waals surface area (Å²) in [7, 11) is 0. The zero-order chi connectivity index (χ0) is 21.3. The number of amides is 4. The fourth-order valence-corrected chi connectivity index (χ4v) is 4.82. The van der Waals surface area contributed by atoms with Crippen molar-refractivity contribution in [2.24, 2.45) is 0 Å². The Labute approximate surface area is 178 Å². The van der Waals surface area contributed by atoms with Crippen LogP contribution in [0.1, 0.15) is 35.9 Å². The van der Waals surface area contributed by atoms with E-state index in [1.54, 1.807) is 12.4 Å². The SMILES string of the molecule is CC(=O)Nc1ncc(CN2CCC3(CC2)NC(=O)N(Cc2cccnc2C)C3=O)s1. The van der Waals surface area contributed by atoms with Gasteiger partial charge in [0.1, 0.15) is 5.54 Å². The summed E-state index contributed by atoms with van der Waals surface area (Å²) in [6.07, 6.45) is 4.60. The molecule has 2 aromatic rings. The second-order valence-corrected chi connectivity index (χ2v) is 8.86. The van der Waals surface area contributed by atoms with Gasteiger partial charge in [-0.3, -0.25) is 24.4 Å². The molecule has 0 atom stereocenters. The van der Waals surface area contributed by atoms with E-state index in [1.807, 2.05) is 19.1 Å². The molecular formula is C20H24N6O3S. The number of anilines is 1. The number of carbonyl (C=O) groups is 3. The molecule has 9 nitrogen and oxygen atoms in total. The molecule has 2 aliphatic rings. The highest BCUT2D eigenvalue weighted by Crippen LogP contribution is 2.31. The van der Waals surface area contributed by atoms with Gasteiger partial charge >= 0.3 is 6.03 Å². The van der Waals surface area contributed by atoms with E-state index in [2.05, 4.69) is 25.5 Å². The summed E-state index contributed by atoms with van der Waals surface area (Å²) in [6, 6.07) is 3.37. The fourth-order valence-electron chi connectivity index (χ4n) is 3.92. The quantitative estimate of drug-likeness (QED) is 0.705. The lowest BCUT2D eigenvalue weighted by Crippen LogP contribution is -2.54. The highest BCUT2D eigenvalue weighted by atomic mass is 32.1. The minimum Gasteiger partial charge on any atom is -0.323 e. The van der Waals surface area contributed by atoms with E-state index in [0.29, 0.717) is 37.6 Å². The third kappa shape index (κ3) is 4.05. The number of thiazole rings is 1. The first kappa shape index (κ1) is 20.4. The molecule has 0 radical (unpaired) electrons. The van der Waals surface area contributed by atoms with E-state index in [1.165, 1.54) is 23.2 Å². The highest BCUT2D eigenvalue weighted by molar-refractivity contribution is 7.15. The van der Waals surface area contributed by atoms with Gasteiger partial charge in [-0.25, -0.2) is 9.78 Å². The van der Waals surface area contributed by atoms with E-state index in [9.17, 15) is 14.4 Å². The Morgan fingerprint density at radius 2 is 2.03 bits per heavy atom. The Morgan fingerprint density at radius 3 is 2.73 bits per heavy atom. The van der Waals surface area contributed by atoms with Crippen molar-refractivity contribution in [2.45, 2.75) is 45.3 Å². The van der Waals surface area contributed by atoms with Crippen molar-refractivity contribution in [3.8, 4) is 0 Å². The summed E-state index contributed by atoms with van der Waals surface area (Å²) in [5.41, 5.74) is 0.867. The molecule has 2 saturated heterocycles. The lowest BCUT2D eigenvalue weighted by atomic mass is 9.87. The monoisotopic (exact) mass is 428 g/mol. The zero-order valence-electron chi connectivity index (χ0n) is 17.0. The number of hydrogen-bond acceptors (Lipinski definition) is 7. The Morgan fingerprint density at radius 1 is 1.27 bits per heavy atom. The van der Waals surface area contributed by atoms with Crippen LogP contribution in [0.25, 0.3) is 0 Å². The highest BCUT2D eigenvalue weighted by Gasteiger charge is 2.52. The van der Waals surface area contributed by atoms with E-state index in [0.717, 1.165) is 16.1 Å². The first-order chi connectivity index (χ1) is 14.4. The van der Waals surface area contributed by atoms with Gasteiger partial charge in [-0.05, 0) is 31.4 Å². The van der Waals surface area contributed by atoms with Gasteiger partial charge in [0.25, 0.3) is 5.91 Å². The maximum atomic E-state index is 13.1. The van der Waals surface area contributed by atoms with Crippen molar-refractivity contribution in [2.75, 3.05) is 18.4 Å². The van der Waals surface area contributed by atoms with Crippen LogP contribution in [0.2, 0.25) is 0 Å². The Balaban J connectivity index is 1.37. The molecular weight excluding hydrogens is 404 g/mol. The van der Waals surface area contributed by atoms with Gasteiger partial charge in [-0.2, -0.15) is 0 Å². The minimum atomic E-state index is -0.821. The molecule has 0 saturated carbocycles. The van der Waals surface area contributed by atoms with Gasteiger partial charge in [0.2, 0.25) is 5.91 Å². The van der Waals surface area contributed by atoms with Gasteiger partial charge in [-0.1, -0.05) is 6.07 Å². The third-order valence-electron chi connectivity index (χ3n) is 5.62. The van der Waals surface area contributed by atoms with Gasteiger partial charge < -0.3 is 10.6 Å². The van der Waals surface area contributed by atoms with Crippen molar-refractivity contribution in [3.05, 3.63) is 40.7 Å². The van der Waals surface area contributed by atoms with Crippen LogP contribution >= 0.6 is 11.3 Å². The second-order valence-electron chi connectivity index (χ2n) is 7.74. The maximum Gasteiger partial charge on any atom is 0.325 e. The molecule has 2 aromatic heterocycles. The Kier molecular flexibility index (Phi) is 5.52. The Hall–Kier alpha value is -2.85. The van der Waals surface area contributed by atoms with Crippen molar-refractivity contribution >= 4 is 34.3 Å². The largest absolute Gasteiger partial charge is 0.325 e. The molecule has 0 bridgehead atoms. The average molecular weight is 429 g/mol. The summed E-state index contributed by atoms with van der Waals surface area (Å²) in [4.78, 5) is 49.9. The topological polar surface area (TPSA) is 108 Å². The van der Waals surface area contributed by atoms with Gasteiger partial charge in [0.15, 0.2) is 5.13 Å². The number of nitrogens with zero attached hydrogens (tertiary/aromatic N) is 4. The first-order valence-electron chi connectivity index (χ1n) is 9.85. The van der Waals surface area contributed by atoms with Crippen LogP contribution in [0, 0.1) is 6.92 Å². The van der Waals surface area contributed by atoms with E-state index >= 15 is 0 Å². The van der Waals surface area contributed by atoms with Crippen LogP contribution in [0.3, 0.4) is 0 Å². The smallest absolute Gasteiger partial charge is 0.323 e. The molecule has 0 aromatic carbocycles. The van der Waals surface area contributed by atoms with Gasteiger partial charge in [0.05, 0.1) is 6.54 Å². The van der Waals surface area contributed by atoms with Crippen LogP contribution in [-0.4, -0.2) is 56.2 Å². The summed E-state index contributed by atoms with van der Waals surface area (Å²) < 4.78 is 0. The molecule has 10 heteroatoms. The van der Waals surface area contributed by atoms with Crippen molar-refractivity contribution in [1.29, 1.82) is 0 Å². The lowest BCUT2D eigenvalue weighted by molar-refractivity contribution is -0.133. The first-order valence-corrected chi connectivity index (χ1v) is 10.7. The number of aromatic nitrogens is 2. The number of rotatable bonds is 5. The van der Waals surface area contributed by atoms with Crippen molar-refractivity contribution in [1.82, 2.24) is 25.1 Å². The van der Waals surface area contributed by atoms with Crippen LogP contribution in [0.15, 0.2) is 24.5 Å².